The third kappa shape index (κ3) is 4.02. The number of piperazine rings is 1. The van der Waals surface area contributed by atoms with Crippen molar-refractivity contribution in [3.63, 3.8) is 0 Å². The number of carbonyl (C=O) groups is 2. The second-order valence-electron chi connectivity index (χ2n) is 5.74. The first kappa shape index (κ1) is 16.3. The van der Waals surface area contributed by atoms with Crippen molar-refractivity contribution in [2.75, 3.05) is 32.7 Å². The van der Waals surface area contributed by atoms with E-state index in [2.05, 4.69) is 5.32 Å². The fourth-order valence-corrected chi connectivity index (χ4v) is 2.74. The summed E-state index contributed by atoms with van der Waals surface area (Å²) in [6.45, 7) is 3.15. The summed E-state index contributed by atoms with van der Waals surface area (Å²) in [7, 11) is 0. The Hall–Kier alpha value is -2.60. The standard InChI is InChI=1S/C18H21N3O3/c22-17(14-19-13-15-5-2-1-3-6-15)20-8-10-21(11-9-20)18(23)16-7-4-12-24-16/h1-7,12,19H,8-11,13-14H2. The van der Waals surface area contributed by atoms with Gasteiger partial charge in [-0.25, -0.2) is 0 Å². The lowest BCUT2D eigenvalue weighted by atomic mass is 10.2. The molecule has 24 heavy (non-hydrogen) atoms. The number of benzene rings is 1. The first-order valence-electron chi connectivity index (χ1n) is 8.09. The molecule has 1 saturated heterocycles. The van der Waals surface area contributed by atoms with E-state index in [-0.39, 0.29) is 11.8 Å². The van der Waals surface area contributed by atoms with Gasteiger partial charge in [0, 0.05) is 32.7 Å². The molecule has 2 amide bonds. The Labute approximate surface area is 141 Å². The number of nitrogens with one attached hydrogen (secondary N) is 1. The largest absolute Gasteiger partial charge is 0.459 e. The van der Waals surface area contributed by atoms with Gasteiger partial charge in [-0.2, -0.15) is 0 Å². The third-order valence-corrected chi connectivity index (χ3v) is 4.10. The molecule has 2 heterocycles. The normalized spacial score (nSPS) is 14.7. The van der Waals surface area contributed by atoms with E-state index in [1.165, 1.54) is 6.26 Å². The van der Waals surface area contributed by atoms with E-state index in [4.69, 9.17) is 4.42 Å². The number of hydrogen-bond acceptors (Lipinski definition) is 4. The first-order chi connectivity index (χ1) is 11.7. The minimum atomic E-state index is -0.116. The van der Waals surface area contributed by atoms with E-state index in [0.717, 1.165) is 5.56 Å². The van der Waals surface area contributed by atoms with E-state index in [9.17, 15) is 9.59 Å². The average molecular weight is 327 g/mol. The van der Waals surface area contributed by atoms with Crippen LogP contribution in [0.4, 0.5) is 0 Å². The lowest BCUT2D eigenvalue weighted by molar-refractivity contribution is -0.131. The fraction of sp³-hybridized carbons (Fsp3) is 0.333. The molecule has 0 bridgehead atoms. The Bertz CT molecular complexity index is 662. The highest BCUT2D eigenvalue weighted by molar-refractivity contribution is 5.91. The second kappa shape index (κ2) is 7.79. The van der Waals surface area contributed by atoms with Gasteiger partial charge in [0.2, 0.25) is 5.91 Å². The highest BCUT2D eigenvalue weighted by Gasteiger charge is 2.25. The van der Waals surface area contributed by atoms with Crippen LogP contribution in [-0.4, -0.2) is 54.3 Å². The third-order valence-electron chi connectivity index (χ3n) is 4.10. The van der Waals surface area contributed by atoms with Crippen LogP contribution >= 0.6 is 0 Å². The maximum atomic E-state index is 12.2. The molecule has 3 rings (SSSR count). The van der Waals surface area contributed by atoms with E-state index >= 15 is 0 Å². The summed E-state index contributed by atoms with van der Waals surface area (Å²) < 4.78 is 5.14. The molecule has 1 aliphatic heterocycles. The Balaban J connectivity index is 1.41. The Kier molecular flexibility index (Phi) is 5.28. The van der Waals surface area contributed by atoms with Crippen molar-refractivity contribution in [1.82, 2.24) is 15.1 Å². The lowest BCUT2D eigenvalue weighted by Gasteiger charge is -2.34. The van der Waals surface area contributed by atoms with Crippen LogP contribution < -0.4 is 5.32 Å². The molecular weight excluding hydrogens is 306 g/mol. The summed E-state index contributed by atoms with van der Waals surface area (Å²) in [6, 6.07) is 13.3. The van der Waals surface area contributed by atoms with Gasteiger partial charge < -0.3 is 19.5 Å². The molecule has 0 spiro atoms. The maximum Gasteiger partial charge on any atom is 0.289 e. The van der Waals surface area contributed by atoms with Gasteiger partial charge in [-0.15, -0.1) is 0 Å². The van der Waals surface area contributed by atoms with Crippen LogP contribution in [0, 0.1) is 0 Å². The molecule has 6 nitrogen and oxygen atoms in total. The fourth-order valence-electron chi connectivity index (χ4n) is 2.74. The number of rotatable bonds is 5. The predicted octanol–water partition coefficient (Wildman–Crippen LogP) is 1.35. The molecule has 0 radical (unpaired) electrons. The number of hydrogen-bond donors (Lipinski definition) is 1. The highest BCUT2D eigenvalue weighted by Crippen LogP contribution is 2.09. The molecule has 126 valence electrons. The minimum absolute atomic E-state index is 0.0658. The zero-order valence-corrected chi connectivity index (χ0v) is 13.5. The summed E-state index contributed by atoms with van der Waals surface area (Å²) in [5, 5.41) is 3.17. The molecule has 2 aromatic rings. The van der Waals surface area contributed by atoms with Crippen molar-refractivity contribution < 1.29 is 14.0 Å². The number of furan rings is 1. The smallest absolute Gasteiger partial charge is 0.289 e. The van der Waals surface area contributed by atoms with Crippen LogP contribution in [0.1, 0.15) is 16.1 Å². The van der Waals surface area contributed by atoms with Crippen LogP contribution in [0.2, 0.25) is 0 Å². The minimum Gasteiger partial charge on any atom is -0.459 e. The summed E-state index contributed by atoms with van der Waals surface area (Å²) in [5.41, 5.74) is 1.15. The Morgan fingerprint density at radius 3 is 2.33 bits per heavy atom. The van der Waals surface area contributed by atoms with E-state index in [1.807, 2.05) is 30.3 Å². The maximum absolute atomic E-state index is 12.2. The van der Waals surface area contributed by atoms with Gasteiger partial charge in [0.25, 0.3) is 5.91 Å². The van der Waals surface area contributed by atoms with Crippen molar-refractivity contribution in [3.05, 3.63) is 60.1 Å². The highest BCUT2D eigenvalue weighted by atomic mass is 16.3. The van der Waals surface area contributed by atoms with E-state index in [1.54, 1.807) is 21.9 Å². The van der Waals surface area contributed by atoms with Gasteiger partial charge in [0.1, 0.15) is 0 Å². The van der Waals surface area contributed by atoms with E-state index < -0.39 is 0 Å². The number of amides is 2. The Morgan fingerprint density at radius 2 is 1.67 bits per heavy atom. The summed E-state index contributed by atoms with van der Waals surface area (Å²) in [5.74, 6) is 0.296. The van der Waals surface area contributed by atoms with Crippen molar-refractivity contribution in [2.45, 2.75) is 6.54 Å². The quantitative estimate of drug-likeness (QED) is 0.900. The van der Waals surface area contributed by atoms with Crippen molar-refractivity contribution >= 4 is 11.8 Å². The van der Waals surface area contributed by atoms with Gasteiger partial charge in [0.15, 0.2) is 5.76 Å². The van der Waals surface area contributed by atoms with Crippen molar-refractivity contribution in [3.8, 4) is 0 Å². The van der Waals surface area contributed by atoms with Crippen molar-refractivity contribution in [1.29, 1.82) is 0 Å². The molecule has 1 aliphatic rings. The van der Waals surface area contributed by atoms with Crippen LogP contribution in [0.3, 0.4) is 0 Å². The van der Waals surface area contributed by atoms with Gasteiger partial charge in [-0.1, -0.05) is 30.3 Å². The molecule has 1 aromatic heterocycles. The zero-order valence-electron chi connectivity index (χ0n) is 13.5. The molecule has 0 aliphatic carbocycles. The molecule has 1 fully saturated rings. The molecule has 1 N–H and O–H groups in total. The molecule has 6 heteroatoms. The number of carbonyl (C=O) groups excluding carboxylic acids is 2. The SMILES string of the molecule is O=C(CNCc1ccccc1)N1CCN(C(=O)c2ccco2)CC1. The molecule has 0 atom stereocenters. The monoisotopic (exact) mass is 327 g/mol. The van der Waals surface area contributed by atoms with Crippen LogP contribution in [-0.2, 0) is 11.3 Å². The van der Waals surface area contributed by atoms with Gasteiger partial charge in [-0.05, 0) is 17.7 Å². The van der Waals surface area contributed by atoms with Crippen LogP contribution in [0.15, 0.2) is 53.1 Å². The topological polar surface area (TPSA) is 65.8 Å². The first-order valence-corrected chi connectivity index (χ1v) is 8.09. The summed E-state index contributed by atoms with van der Waals surface area (Å²) >= 11 is 0. The predicted molar refractivity (Wildman–Crippen MR) is 89.3 cm³/mol. The zero-order chi connectivity index (χ0) is 16.8. The number of nitrogens with zero attached hydrogens (tertiary/aromatic N) is 2. The van der Waals surface area contributed by atoms with Gasteiger partial charge in [0.05, 0.1) is 12.8 Å². The van der Waals surface area contributed by atoms with Crippen LogP contribution in [0.5, 0.6) is 0 Å². The van der Waals surface area contributed by atoms with Gasteiger partial charge >= 0.3 is 0 Å². The molecule has 1 aromatic carbocycles. The summed E-state index contributed by atoms with van der Waals surface area (Å²) in [4.78, 5) is 27.9. The lowest BCUT2D eigenvalue weighted by Crippen LogP contribution is -2.52. The molecule has 0 unspecified atom stereocenters. The van der Waals surface area contributed by atoms with Crippen LogP contribution in [0.25, 0.3) is 0 Å². The Morgan fingerprint density at radius 1 is 0.958 bits per heavy atom. The van der Waals surface area contributed by atoms with E-state index in [0.29, 0.717) is 45.0 Å². The molecule has 0 saturated carbocycles. The second-order valence-corrected chi connectivity index (χ2v) is 5.74. The average Bonchev–Trinajstić information content (AvgIpc) is 3.17. The summed E-state index contributed by atoms with van der Waals surface area (Å²) in [6.07, 6.45) is 1.49. The van der Waals surface area contributed by atoms with Crippen molar-refractivity contribution in [2.24, 2.45) is 0 Å². The molecular formula is C18H21N3O3. The van der Waals surface area contributed by atoms with Gasteiger partial charge in [-0.3, -0.25) is 9.59 Å².